The Hall–Kier alpha value is -0.940. The van der Waals surface area contributed by atoms with Gasteiger partial charge in [0.2, 0.25) is 5.91 Å². The van der Waals surface area contributed by atoms with E-state index in [9.17, 15) is 4.79 Å². The minimum absolute atomic E-state index is 0.00545. The Morgan fingerprint density at radius 2 is 2.33 bits per heavy atom. The lowest BCUT2D eigenvalue weighted by molar-refractivity contribution is -0.133. The number of nitrogens with two attached hydrogens (primary N) is 1. The zero-order valence-electron chi connectivity index (χ0n) is 10.6. The SMILES string of the molecule is CC1CC(C(=O)NC(C)c2ccsc2)(C(N)=S)C1. The molecule has 1 fully saturated rings. The van der Waals surface area contributed by atoms with Gasteiger partial charge in [-0.25, -0.2) is 0 Å². The van der Waals surface area contributed by atoms with Crippen LogP contribution in [-0.2, 0) is 4.79 Å². The fourth-order valence-electron chi connectivity index (χ4n) is 2.57. The second-order valence-corrected chi connectivity index (χ2v) is 6.43. The first-order valence-electron chi connectivity index (χ1n) is 6.08. The number of amides is 1. The van der Waals surface area contributed by atoms with Crippen LogP contribution in [-0.4, -0.2) is 10.9 Å². The smallest absolute Gasteiger partial charge is 0.233 e. The molecule has 1 aliphatic rings. The Morgan fingerprint density at radius 1 is 1.67 bits per heavy atom. The number of hydrogen-bond donors (Lipinski definition) is 2. The van der Waals surface area contributed by atoms with Crippen LogP contribution in [0.5, 0.6) is 0 Å². The van der Waals surface area contributed by atoms with Gasteiger partial charge in [0, 0.05) is 0 Å². The van der Waals surface area contributed by atoms with Crippen molar-refractivity contribution in [1.29, 1.82) is 0 Å². The Bertz CT molecular complexity index is 450. The van der Waals surface area contributed by atoms with Gasteiger partial charge in [-0.05, 0) is 48.1 Å². The molecule has 3 nitrogen and oxygen atoms in total. The standard InChI is InChI=1S/C13H18N2OS2/c1-8-5-13(6-8,11(14)17)12(16)15-9(2)10-3-4-18-7-10/h3-4,7-9H,5-6H2,1-2H3,(H2,14,17)(H,15,16). The predicted molar refractivity (Wildman–Crippen MR) is 78.5 cm³/mol. The average molecular weight is 282 g/mol. The second-order valence-electron chi connectivity index (χ2n) is 5.21. The molecule has 1 aliphatic carbocycles. The summed E-state index contributed by atoms with van der Waals surface area (Å²) in [6.45, 7) is 4.10. The van der Waals surface area contributed by atoms with Gasteiger partial charge in [-0.2, -0.15) is 11.3 Å². The maximum absolute atomic E-state index is 12.4. The zero-order valence-corrected chi connectivity index (χ0v) is 12.2. The van der Waals surface area contributed by atoms with Crippen LogP contribution >= 0.6 is 23.6 Å². The van der Waals surface area contributed by atoms with Gasteiger partial charge >= 0.3 is 0 Å². The molecule has 5 heteroatoms. The van der Waals surface area contributed by atoms with Crippen molar-refractivity contribution in [2.75, 3.05) is 0 Å². The highest BCUT2D eigenvalue weighted by atomic mass is 32.1. The molecule has 0 radical (unpaired) electrons. The molecule has 2 rings (SSSR count). The molecule has 1 unspecified atom stereocenters. The van der Waals surface area contributed by atoms with Gasteiger partial charge in [0.05, 0.1) is 16.4 Å². The minimum atomic E-state index is -0.612. The third-order valence-electron chi connectivity index (χ3n) is 3.69. The van der Waals surface area contributed by atoms with Crippen LogP contribution in [0.2, 0.25) is 0 Å². The highest BCUT2D eigenvalue weighted by Gasteiger charge is 2.51. The molecular weight excluding hydrogens is 264 g/mol. The van der Waals surface area contributed by atoms with Crippen molar-refractivity contribution in [2.45, 2.75) is 32.7 Å². The number of rotatable bonds is 4. The summed E-state index contributed by atoms with van der Waals surface area (Å²) >= 11 is 6.71. The minimum Gasteiger partial charge on any atom is -0.392 e. The van der Waals surface area contributed by atoms with E-state index in [4.69, 9.17) is 18.0 Å². The summed E-state index contributed by atoms with van der Waals surface area (Å²) in [7, 11) is 0. The molecule has 98 valence electrons. The number of carbonyl (C=O) groups excluding carboxylic acids is 1. The molecule has 0 bridgehead atoms. The van der Waals surface area contributed by atoms with Crippen molar-refractivity contribution >= 4 is 34.5 Å². The van der Waals surface area contributed by atoms with E-state index < -0.39 is 5.41 Å². The first-order chi connectivity index (χ1) is 8.45. The van der Waals surface area contributed by atoms with Crippen LogP contribution in [0.4, 0.5) is 0 Å². The second kappa shape index (κ2) is 4.97. The topological polar surface area (TPSA) is 55.1 Å². The van der Waals surface area contributed by atoms with Crippen LogP contribution in [0, 0.1) is 11.3 Å². The fraction of sp³-hybridized carbons (Fsp3) is 0.538. The highest BCUT2D eigenvalue weighted by molar-refractivity contribution is 7.80. The summed E-state index contributed by atoms with van der Waals surface area (Å²) < 4.78 is 0. The quantitative estimate of drug-likeness (QED) is 0.835. The summed E-state index contributed by atoms with van der Waals surface area (Å²) in [4.78, 5) is 12.7. The van der Waals surface area contributed by atoms with Crippen molar-refractivity contribution in [3.63, 3.8) is 0 Å². The molecule has 0 spiro atoms. The molecule has 1 amide bonds. The van der Waals surface area contributed by atoms with E-state index in [1.54, 1.807) is 11.3 Å². The van der Waals surface area contributed by atoms with E-state index in [0.717, 1.165) is 18.4 Å². The maximum Gasteiger partial charge on any atom is 0.233 e. The summed E-state index contributed by atoms with van der Waals surface area (Å²) in [6.07, 6.45) is 1.54. The van der Waals surface area contributed by atoms with Gasteiger partial charge in [0.25, 0.3) is 0 Å². The third-order valence-corrected chi connectivity index (χ3v) is 4.78. The summed E-state index contributed by atoms with van der Waals surface area (Å²) in [5.74, 6) is 0.500. The van der Waals surface area contributed by atoms with Gasteiger partial charge in [-0.3, -0.25) is 4.79 Å². The molecule has 1 heterocycles. The predicted octanol–water partition coefficient (Wildman–Crippen LogP) is 2.63. The third kappa shape index (κ3) is 2.29. The molecule has 0 aromatic carbocycles. The Labute approximate surface area is 117 Å². The molecule has 3 N–H and O–H groups in total. The Balaban J connectivity index is 2.05. The highest BCUT2D eigenvalue weighted by Crippen LogP contribution is 2.46. The van der Waals surface area contributed by atoms with E-state index in [2.05, 4.69) is 12.2 Å². The summed E-state index contributed by atoms with van der Waals surface area (Å²) in [6, 6.07) is 2.03. The van der Waals surface area contributed by atoms with E-state index in [1.807, 2.05) is 23.8 Å². The van der Waals surface area contributed by atoms with Crippen molar-refractivity contribution < 1.29 is 4.79 Å². The number of thiophene rings is 1. The first-order valence-corrected chi connectivity index (χ1v) is 7.44. The fourth-order valence-corrected chi connectivity index (χ4v) is 3.58. The van der Waals surface area contributed by atoms with E-state index >= 15 is 0 Å². The molecular formula is C13H18N2OS2. The van der Waals surface area contributed by atoms with Gasteiger partial charge in [-0.1, -0.05) is 19.1 Å². The molecule has 1 aromatic heterocycles. The number of thiocarbonyl (C=S) groups is 1. The normalized spacial score (nSPS) is 28.2. The number of hydrogen-bond acceptors (Lipinski definition) is 3. The lowest BCUT2D eigenvalue weighted by Crippen LogP contribution is -2.56. The van der Waals surface area contributed by atoms with Crippen molar-refractivity contribution in [2.24, 2.45) is 17.1 Å². The summed E-state index contributed by atoms with van der Waals surface area (Å²) in [5, 5.41) is 7.08. The molecule has 0 saturated heterocycles. The Kier molecular flexibility index (Phi) is 3.73. The van der Waals surface area contributed by atoms with Gasteiger partial charge in [0.1, 0.15) is 0 Å². The number of carbonyl (C=O) groups is 1. The Morgan fingerprint density at radius 3 is 2.78 bits per heavy atom. The van der Waals surface area contributed by atoms with Crippen LogP contribution in [0.1, 0.15) is 38.3 Å². The largest absolute Gasteiger partial charge is 0.392 e. The monoisotopic (exact) mass is 282 g/mol. The molecule has 1 saturated carbocycles. The van der Waals surface area contributed by atoms with Crippen LogP contribution in [0.15, 0.2) is 16.8 Å². The summed E-state index contributed by atoms with van der Waals surface area (Å²) in [5.41, 5.74) is 6.27. The van der Waals surface area contributed by atoms with Crippen LogP contribution < -0.4 is 11.1 Å². The molecule has 1 aromatic rings. The van der Waals surface area contributed by atoms with Gasteiger partial charge < -0.3 is 11.1 Å². The molecule has 0 aliphatic heterocycles. The van der Waals surface area contributed by atoms with Gasteiger partial charge in [0.15, 0.2) is 0 Å². The van der Waals surface area contributed by atoms with Crippen LogP contribution in [0.25, 0.3) is 0 Å². The maximum atomic E-state index is 12.4. The van der Waals surface area contributed by atoms with E-state index in [0.29, 0.717) is 10.9 Å². The lowest BCUT2D eigenvalue weighted by Gasteiger charge is -2.44. The van der Waals surface area contributed by atoms with E-state index in [1.165, 1.54) is 0 Å². The van der Waals surface area contributed by atoms with Crippen molar-refractivity contribution in [1.82, 2.24) is 5.32 Å². The average Bonchev–Trinajstić information content (AvgIpc) is 2.76. The number of nitrogens with one attached hydrogen (secondary N) is 1. The molecule has 18 heavy (non-hydrogen) atoms. The molecule has 1 atom stereocenters. The van der Waals surface area contributed by atoms with Gasteiger partial charge in [-0.15, -0.1) is 0 Å². The van der Waals surface area contributed by atoms with Crippen LogP contribution in [0.3, 0.4) is 0 Å². The van der Waals surface area contributed by atoms with E-state index in [-0.39, 0.29) is 11.9 Å². The first kappa shape index (κ1) is 13.5. The zero-order chi connectivity index (χ0) is 13.3. The van der Waals surface area contributed by atoms with Crippen molar-refractivity contribution in [3.05, 3.63) is 22.4 Å². The van der Waals surface area contributed by atoms with Crippen molar-refractivity contribution in [3.8, 4) is 0 Å². The lowest BCUT2D eigenvalue weighted by atomic mass is 9.62.